The molecule has 0 spiro atoms. The molecule has 1 saturated heterocycles. The second-order valence-electron chi connectivity index (χ2n) is 5.90. The van der Waals surface area contributed by atoms with Gasteiger partial charge in [-0.15, -0.1) is 12.4 Å². The zero-order valence-electron chi connectivity index (χ0n) is 13.7. The number of hydrogen-bond donors (Lipinski definition) is 1. The minimum atomic E-state index is -0.186. The third kappa shape index (κ3) is 4.62. The fraction of sp³-hybridized carbons (Fsp3) is 0.368. The number of rotatable bonds is 5. The van der Waals surface area contributed by atoms with Crippen LogP contribution in [0.3, 0.4) is 0 Å². The van der Waals surface area contributed by atoms with E-state index in [0.717, 1.165) is 31.0 Å². The summed E-state index contributed by atoms with van der Waals surface area (Å²) in [6.45, 7) is 2.54. The first-order valence-electron chi connectivity index (χ1n) is 7.99. The molecule has 0 aromatic heterocycles. The Bertz CT molecular complexity index is 618. The Hall–Kier alpha value is -1.78. The third-order valence-corrected chi connectivity index (χ3v) is 4.43. The molecule has 0 radical (unpaired) electrons. The van der Waals surface area contributed by atoms with E-state index in [-0.39, 0.29) is 18.2 Å². The first kappa shape index (κ1) is 18.6. The van der Waals surface area contributed by atoms with Gasteiger partial charge < -0.3 is 14.8 Å². The van der Waals surface area contributed by atoms with Crippen molar-refractivity contribution in [2.24, 2.45) is 5.92 Å². The Morgan fingerprint density at radius 2 is 1.71 bits per heavy atom. The normalized spacial score (nSPS) is 20.1. The number of ether oxygens (including phenoxy) is 2. The summed E-state index contributed by atoms with van der Waals surface area (Å²) in [4.78, 5) is 0. The fourth-order valence-electron chi connectivity index (χ4n) is 3.12. The van der Waals surface area contributed by atoms with Crippen LogP contribution in [-0.2, 0) is 0 Å². The molecule has 5 heteroatoms. The maximum absolute atomic E-state index is 13.1. The first-order valence-corrected chi connectivity index (χ1v) is 7.99. The standard InChI is InChI=1S/C19H22FNO2.ClH/c1-22-17-6-8-18(9-7-17)23-13-15-12-21-11-10-19(15)14-2-4-16(20)5-3-14;/h2-9,15,19,21H,10-13H2,1H3;1H/t15-,19-;/m0./s1. The predicted octanol–water partition coefficient (Wildman–Crippen LogP) is 4.03. The number of nitrogens with one attached hydrogen (secondary N) is 1. The Morgan fingerprint density at radius 1 is 1.04 bits per heavy atom. The molecule has 0 unspecified atom stereocenters. The molecule has 1 heterocycles. The van der Waals surface area contributed by atoms with Crippen molar-refractivity contribution in [1.29, 1.82) is 0 Å². The van der Waals surface area contributed by atoms with Crippen LogP contribution in [0.5, 0.6) is 11.5 Å². The largest absolute Gasteiger partial charge is 0.497 e. The molecule has 24 heavy (non-hydrogen) atoms. The predicted molar refractivity (Wildman–Crippen MR) is 95.9 cm³/mol. The highest BCUT2D eigenvalue weighted by molar-refractivity contribution is 5.85. The van der Waals surface area contributed by atoms with Crippen LogP contribution in [-0.4, -0.2) is 26.8 Å². The van der Waals surface area contributed by atoms with Gasteiger partial charge in [-0.05, 0) is 60.8 Å². The van der Waals surface area contributed by atoms with Gasteiger partial charge in [0.15, 0.2) is 0 Å². The van der Waals surface area contributed by atoms with Crippen molar-refractivity contribution in [3.8, 4) is 11.5 Å². The lowest BCUT2D eigenvalue weighted by Crippen LogP contribution is -2.38. The van der Waals surface area contributed by atoms with Crippen molar-refractivity contribution in [2.75, 3.05) is 26.8 Å². The Kier molecular flexibility index (Phi) is 6.88. The smallest absolute Gasteiger partial charge is 0.123 e. The molecule has 3 rings (SSSR count). The summed E-state index contributed by atoms with van der Waals surface area (Å²) in [6, 6.07) is 14.5. The van der Waals surface area contributed by atoms with Crippen LogP contribution in [0.15, 0.2) is 48.5 Å². The van der Waals surface area contributed by atoms with Gasteiger partial charge >= 0.3 is 0 Å². The first-order chi connectivity index (χ1) is 11.3. The van der Waals surface area contributed by atoms with Crippen LogP contribution in [0.25, 0.3) is 0 Å². The fourth-order valence-corrected chi connectivity index (χ4v) is 3.12. The molecule has 2 atom stereocenters. The van der Waals surface area contributed by atoms with Gasteiger partial charge in [0.1, 0.15) is 17.3 Å². The van der Waals surface area contributed by atoms with Gasteiger partial charge in [-0.2, -0.15) is 0 Å². The summed E-state index contributed by atoms with van der Waals surface area (Å²) in [5, 5.41) is 3.43. The molecule has 1 aliphatic rings. The molecule has 1 N–H and O–H groups in total. The van der Waals surface area contributed by atoms with E-state index in [1.54, 1.807) is 19.2 Å². The number of methoxy groups -OCH3 is 1. The maximum atomic E-state index is 13.1. The highest BCUT2D eigenvalue weighted by Crippen LogP contribution is 2.31. The van der Waals surface area contributed by atoms with Gasteiger partial charge in [0.25, 0.3) is 0 Å². The van der Waals surface area contributed by atoms with E-state index in [1.807, 2.05) is 36.4 Å². The highest BCUT2D eigenvalue weighted by Gasteiger charge is 2.27. The van der Waals surface area contributed by atoms with Crippen molar-refractivity contribution in [3.05, 3.63) is 59.9 Å². The lowest BCUT2D eigenvalue weighted by Gasteiger charge is -2.32. The third-order valence-electron chi connectivity index (χ3n) is 4.43. The molecule has 0 aliphatic carbocycles. The van der Waals surface area contributed by atoms with E-state index in [2.05, 4.69) is 5.32 Å². The SMILES string of the molecule is COc1ccc(OC[C@@H]2CNCC[C@H]2c2ccc(F)cc2)cc1.Cl. The molecule has 1 aliphatic heterocycles. The minimum absolute atomic E-state index is 0. The van der Waals surface area contributed by atoms with Crippen LogP contribution in [0.4, 0.5) is 4.39 Å². The second kappa shape index (κ2) is 8.90. The molecule has 3 nitrogen and oxygen atoms in total. The average molecular weight is 352 g/mol. The van der Waals surface area contributed by atoms with E-state index in [1.165, 1.54) is 5.56 Å². The molecule has 0 saturated carbocycles. The zero-order valence-corrected chi connectivity index (χ0v) is 14.5. The Balaban J connectivity index is 0.00000208. The molecule has 130 valence electrons. The number of hydrogen-bond acceptors (Lipinski definition) is 3. The second-order valence-corrected chi connectivity index (χ2v) is 5.90. The lowest BCUT2D eigenvalue weighted by atomic mass is 9.81. The van der Waals surface area contributed by atoms with E-state index in [4.69, 9.17) is 9.47 Å². The summed E-state index contributed by atoms with van der Waals surface area (Å²) in [6.07, 6.45) is 1.04. The average Bonchev–Trinajstić information content (AvgIpc) is 2.61. The van der Waals surface area contributed by atoms with Gasteiger partial charge in [-0.1, -0.05) is 12.1 Å². The zero-order chi connectivity index (χ0) is 16.1. The van der Waals surface area contributed by atoms with E-state index in [9.17, 15) is 4.39 Å². The van der Waals surface area contributed by atoms with Crippen molar-refractivity contribution < 1.29 is 13.9 Å². The monoisotopic (exact) mass is 351 g/mol. The summed E-state index contributed by atoms with van der Waals surface area (Å²) in [7, 11) is 1.65. The summed E-state index contributed by atoms with van der Waals surface area (Å²) < 4.78 is 24.2. The quantitative estimate of drug-likeness (QED) is 0.882. The molecule has 0 bridgehead atoms. The maximum Gasteiger partial charge on any atom is 0.123 e. The minimum Gasteiger partial charge on any atom is -0.497 e. The number of piperidine rings is 1. The van der Waals surface area contributed by atoms with Crippen LogP contribution >= 0.6 is 12.4 Å². The summed E-state index contributed by atoms with van der Waals surface area (Å²) >= 11 is 0. The van der Waals surface area contributed by atoms with Crippen LogP contribution in [0.2, 0.25) is 0 Å². The molecule has 0 amide bonds. The van der Waals surface area contributed by atoms with E-state index >= 15 is 0 Å². The van der Waals surface area contributed by atoms with Crippen LogP contribution in [0, 0.1) is 11.7 Å². The van der Waals surface area contributed by atoms with Crippen molar-refractivity contribution in [1.82, 2.24) is 5.32 Å². The van der Waals surface area contributed by atoms with Crippen molar-refractivity contribution in [3.63, 3.8) is 0 Å². The summed E-state index contributed by atoms with van der Waals surface area (Å²) in [5.74, 6) is 2.25. The van der Waals surface area contributed by atoms with Crippen molar-refractivity contribution in [2.45, 2.75) is 12.3 Å². The van der Waals surface area contributed by atoms with Crippen molar-refractivity contribution >= 4 is 12.4 Å². The van der Waals surface area contributed by atoms with Gasteiger partial charge in [-0.3, -0.25) is 0 Å². The molecule has 1 fully saturated rings. The molecule has 2 aromatic rings. The topological polar surface area (TPSA) is 30.5 Å². The van der Waals surface area contributed by atoms with E-state index in [0.29, 0.717) is 18.4 Å². The van der Waals surface area contributed by atoms with Gasteiger partial charge in [0.05, 0.1) is 13.7 Å². The van der Waals surface area contributed by atoms with Gasteiger partial charge in [-0.25, -0.2) is 4.39 Å². The van der Waals surface area contributed by atoms with Crippen LogP contribution in [0.1, 0.15) is 17.9 Å². The lowest BCUT2D eigenvalue weighted by molar-refractivity contribution is 0.197. The Morgan fingerprint density at radius 3 is 2.38 bits per heavy atom. The highest BCUT2D eigenvalue weighted by atomic mass is 35.5. The van der Waals surface area contributed by atoms with E-state index < -0.39 is 0 Å². The van der Waals surface area contributed by atoms with Gasteiger partial charge in [0.2, 0.25) is 0 Å². The van der Waals surface area contributed by atoms with Crippen LogP contribution < -0.4 is 14.8 Å². The molecular weight excluding hydrogens is 329 g/mol. The van der Waals surface area contributed by atoms with Gasteiger partial charge in [0, 0.05) is 12.5 Å². The number of benzene rings is 2. The molecular formula is C19H23ClFNO2. The molecule has 2 aromatic carbocycles. The Labute approximate surface area is 148 Å². The number of halogens is 2. The summed E-state index contributed by atoms with van der Waals surface area (Å²) in [5.41, 5.74) is 1.19.